The van der Waals surface area contributed by atoms with E-state index < -0.39 is 5.97 Å². The second kappa shape index (κ2) is 6.33. The lowest BCUT2D eigenvalue weighted by Crippen LogP contribution is -2.17. The first-order valence-electron chi connectivity index (χ1n) is 7.12. The van der Waals surface area contributed by atoms with Gasteiger partial charge < -0.3 is 10.1 Å². The number of hydrogen-bond acceptors (Lipinski definition) is 5. The average molecular weight is 323 g/mol. The topological polar surface area (TPSA) is 101 Å². The largest absolute Gasteiger partial charge is 0.422 e. The van der Waals surface area contributed by atoms with Gasteiger partial charge in [-0.2, -0.15) is 5.10 Å². The SMILES string of the molecule is CC(=O)Nc1ccc(OC(=O)c2n[nH]c(=O)c3ccccc23)cc1. The number of amides is 1. The van der Waals surface area contributed by atoms with Crippen molar-refractivity contribution < 1.29 is 14.3 Å². The number of fused-ring (bicyclic) bond motifs is 1. The molecule has 120 valence electrons. The normalized spacial score (nSPS) is 10.4. The summed E-state index contributed by atoms with van der Waals surface area (Å²) in [5, 5.41) is 9.47. The fourth-order valence-electron chi connectivity index (χ4n) is 2.24. The van der Waals surface area contributed by atoms with Crippen molar-refractivity contribution in [2.24, 2.45) is 0 Å². The molecule has 0 aliphatic rings. The Morgan fingerprint density at radius 2 is 1.71 bits per heavy atom. The Morgan fingerprint density at radius 3 is 2.38 bits per heavy atom. The highest BCUT2D eigenvalue weighted by atomic mass is 16.5. The highest BCUT2D eigenvalue weighted by molar-refractivity contribution is 6.02. The van der Waals surface area contributed by atoms with Crippen molar-refractivity contribution in [1.82, 2.24) is 10.2 Å². The summed E-state index contributed by atoms with van der Waals surface area (Å²) in [6.07, 6.45) is 0. The van der Waals surface area contributed by atoms with E-state index >= 15 is 0 Å². The van der Waals surface area contributed by atoms with Gasteiger partial charge in [-0.15, -0.1) is 0 Å². The number of nitrogens with zero attached hydrogens (tertiary/aromatic N) is 1. The maximum absolute atomic E-state index is 12.3. The molecule has 7 nitrogen and oxygen atoms in total. The number of carbonyl (C=O) groups excluding carboxylic acids is 2. The van der Waals surface area contributed by atoms with Crippen molar-refractivity contribution in [3.8, 4) is 5.75 Å². The minimum absolute atomic E-state index is 0.0242. The summed E-state index contributed by atoms with van der Waals surface area (Å²) in [6.45, 7) is 1.40. The van der Waals surface area contributed by atoms with Gasteiger partial charge >= 0.3 is 5.97 Å². The summed E-state index contributed by atoms with van der Waals surface area (Å²) >= 11 is 0. The van der Waals surface area contributed by atoms with Crippen LogP contribution in [0.2, 0.25) is 0 Å². The molecule has 1 heterocycles. The van der Waals surface area contributed by atoms with Crippen LogP contribution in [-0.2, 0) is 4.79 Å². The molecule has 3 aromatic rings. The highest BCUT2D eigenvalue weighted by Crippen LogP contribution is 2.19. The van der Waals surface area contributed by atoms with Gasteiger partial charge in [0.05, 0.1) is 5.39 Å². The number of H-pyrrole nitrogens is 1. The van der Waals surface area contributed by atoms with Crippen LogP contribution in [0.15, 0.2) is 53.3 Å². The molecular weight excluding hydrogens is 310 g/mol. The molecule has 0 unspecified atom stereocenters. The number of esters is 1. The van der Waals surface area contributed by atoms with Crippen molar-refractivity contribution in [1.29, 1.82) is 0 Å². The van der Waals surface area contributed by atoms with E-state index in [1.165, 1.54) is 6.92 Å². The Labute approximate surface area is 136 Å². The van der Waals surface area contributed by atoms with E-state index in [4.69, 9.17) is 4.74 Å². The standard InChI is InChI=1S/C17H13N3O4/c1-10(21)18-11-6-8-12(9-7-11)24-17(23)15-13-4-2-3-5-14(13)16(22)20-19-15/h2-9H,1H3,(H,18,21)(H,20,22). The Balaban J connectivity index is 1.87. The molecule has 0 aliphatic heterocycles. The van der Waals surface area contributed by atoms with Gasteiger partial charge in [-0.1, -0.05) is 18.2 Å². The van der Waals surface area contributed by atoms with Crippen LogP contribution >= 0.6 is 0 Å². The number of nitrogens with one attached hydrogen (secondary N) is 2. The first-order chi connectivity index (χ1) is 11.5. The zero-order valence-corrected chi connectivity index (χ0v) is 12.7. The van der Waals surface area contributed by atoms with E-state index in [1.54, 1.807) is 48.5 Å². The summed E-state index contributed by atoms with van der Waals surface area (Å²) < 4.78 is 5.27. The van der Waals surface area contributed by atoms with E-state index in [9.17, 15) is 14.4 Å². The molecule has 0 spiro atoms. The number of carbonyl (C=O) groups is 2. The van der Waals surface area contributed by atoms with E-state index in [2.05, 4.69) is 15.5 Å². The Kier molecular flexibility index (Phi) is 4.07. The van der Waals surface area contributed by atoms with Crippen LogP contribution in [0.3, 0.4) is 0 Å². The van der Waals surface area contributed by atoms with Crippen LogP contribution < -0.4 is 15.6 Å². The highest BCUT2D eigenvalue weighted by Gasteiger charge is 2.16. The molecule has 0 saturated heterocycles. The molecule has 3 rings (SSSR count). The predicted molar refractivity (Wildman–Crippen MR) is 88.1 cm³/mol. The second-order valence-electron chi connectivity index (χ2n) is 5.04. The summed E-state index contributed by atoms with van der Waals surface area (Å²) in [6, 6.07) is 13.0. The number of hydrogen-bond donors (Lipinski definition) is 2. The fourth-order valence-corrected chi connectivity index (χ4v) is 2.24. The molecule has 0 radical (unpaired) electrons. The zero-order chi connectivity index (χ0) is 17.1. The summed E-state index contributed by atoms with van der Waals surface area (Å²) in [5.74, 6) is -0.579. The third kappa shape index (κ3) is 3.14. The first-order valence-corrected chi connectivity index (χ1v) is 7.12. The van der Waals surface area contributed by atoms with Gasteiger partial charge in [0.15, 0.2) is 5.69 Å². The Bertz CT molecular complexity index is 977. The van der Waals surface area contributed by atoms with Gasteiger partial charge in [0, 0.05) is 18.0 Å². The Morgan fingerprint density at radius 1 is 1.04 bits per heavy atom. The van der Waals surface area contributed by atoms with Crippen LogP contribution in [0, 0.1) is 0 Å². The number of aromatic nitrogens is 2. The van der Waals surface area contributed by atoms with Gasteiger partial charge in [-0.05, 0) is 30.3 Å². The maximum atomic E-state index is 12.3. The van der Waals surface area contributed by atoms with E-state index in [0.717, 1.165) is 0 Å². The molecule has 1 amide bonds. The van der Waals surface area contributed by atoms with Crippen molar-refractivity contribution >= 4 is 28.3 Å². The van der Waals surface area contributed by atoms with Crippen LogP contribution in [-0.4, -0.2) is 22.1 Å². The van der Waals surface area contributed by atoms with Crippen LogP contribution in [0.1, 0.15) is 17.4 Å². The molecular formula is C17H13N3O4. The third-order valence-electron chi connectivity index (χ3n) is 3.27. The lowest BCUT2D eigenvalue weighted by atomic mass is 10.1. The lowest BCUT2D eigenvalue weighted by molar-refractivity contribution is -0.114. The summed E-state index contributed by atoms with van der Waals surface area (Å²) in [7, 11) is 0. The molecule has 1 aromatic heterocycles. The number of anilines is 1. The lowest BCUT2D eigenvalue weighted by Gasteiger charge is -2.07. The number of aromatic amines is 1. The quantitative estimate of drug-likeness (QED) is 0.568. The molecule has 7 heteroatoms. The molecule has 2 N–H and O–H groups in total. The van der Waals surface area contributed by atoms with E-state index in [0.29, 0.717) is 22.2 Å². The van der Waals surface area contributed by atoms with Crippen LogP contribution in [0.5, 0.6) is 5.75 Å². The van der Waals surface area contributed by atoms with Crippen LogP contribution in [0.4, 0.5) is 5.69 Å². The second-order valence-corrected chi connectivity index (χ2v) is 5.04. The summed E-state index contributed by atoms with van der Waals surface area (Å²) in [5.41, 5.74) is 0.243. The number of ether oxygens (including phenoxy) is 1. The van der Waals surface area contributed by atoms with E-state index in [-0.39, 0.29) is 17.2 Å². The monoisotopic (exact) mass is 323 g/mol. The fraction of sp³-hybridized carbons (Fsp3) is 0.0588. The molecule has 0 saturated carbocycles. The first kappa shape index (κ1) is 15.4. The van der Waals surface area contributed by atoms with Gasteiger partial charge in [0.25, 0.3) is 5.56 Å². The molecule has 0 bridgehead atoms. The van der Waals surface area contributed by atoms with Crippen molar-refractivity contribution in [2.45, 2.75) is 6.92 Å². The van der Waals surface area contributed by atoms with Crippen molar-refractivity contribution in [3.05, 3.63) is 64.6 Å². The Hall–Kier alpha value is -3.48. The third-order valence-corrected chi connectivity index (χ3v) is 3.27. The zero-order valence-electron chi connectivity index (χ0n) is 12.7. The minimum Gasteiger partial charge on any atom is -0.422 e. The van der Waals surface area contributed by atoms with E-state index in [1.807, 2.05) is 0 Å². The van der Waals surface area contributed by atoms with Crippen molar-refractivity contribution in [2.75, 3.05) is 5.32 Å². The minimum atomic E-state index is -0.685. The molecule has 24 heavy (non-hydrogen) atoms. The molecule has 2 aromatic carbocycles. The number of rotatable bonds is 3. The smallest absolute Gasteiger partial charge is 0.364 e. The average Bonchev–Trinajstić information content (AvgIpc) is 2.57. The van der Waals surface area contributed by atoms with Gasteiger partial charge in [0.2, 0.25) is 5.91 Å². The van der Waals surface area contributed by atoms with Crippen molar-refractivity contribution in [3.63, 3.8) is 0 Å². The molecule has 0 aliphatic carbocycles. The number of benzene rings is 2. The van der Waals surface area contributed by atoms with Gasteiger partial charge in [0.1, 0.15) is 5.75 Å². The maximum Gasteiger partial charge on any atom is 0.364 e. The van der Waals surface area contributed by atoms with Gasteiger partial charge in [-0.25, -0.2) is 9.89 Å². The molecule has 0 atom stereocenters. The summed E-state index contributed by atoms with van der Waals surface area (Å²) in [4.78, 5) is 35.0. The van der Waals surface area contributed by atoms with Gasteiger partial charge in [-0.3, -0.25) is 9.59 Å². The predicted octanol–water partition coefficient (Wildman–Crippen LogP) is 2.10. The molecule has 0 fully saturated rings. The van der Waals surface area contributed by atoms with Crippen LogP contribution in [0.25, 0.3) is 10.8 Å².